The van der Waals surface area contributed by atoms with Gasteiger partial charge in [0.25, 0.3) is 5.91 Å². The summed E-state index contributed by atoms with van der Waals surface area (Å²) in [5.74, 6) is 0.562. The van der Waals surface area contributed by atoms with Gasteiger partial charge in [0.15, 0.2) is 0 Å². The quantitative estimate of drug-likeness (QED) is 0.398. The van der Waals surface area contributed by atoms with E-state index < -0.39 is 5.82 Å². The van der Waals surface area contributed by atoms with Crippen molar-refractivity contribution in [2.24, 2.45) is 5.92 Å². The van der Waals surface area contributed by atoms with E-state index in [-0.39, 0.29) is 16.3 Å². The van der Waals surface area contributed by atoms with Crippen LogP contribution in [0.5, 0.6) is 0 Å². The summed E-state index contributed by atoms with van der Waals surface area (Å²) in [4.78, 5) is 19.8. The molecular weight excluding hydrogens is 457 g/mol. The topological polar surface area (TPSA) is 38.1 Å². The van der Waals surface area contributed by atoms with Crippen molar-refractivity contribution in [1.29, 1.82) is 0 Å². The lowest BCUT2D eigenvalue weighted by Gasteiger charge is -2.25. The van der Waals surface area contributed by atoms with E-state index in [1.54, 1.807) is 4.90 Å². The molecule has 0 aliphatic heterocycles. The first kappa shape index (κ1) is 21.8. The second kappa shape index (κ2) is 9.26. The number of carbonyl (C=O) groups excluding carboxylic acids is 1. The van der Waals surface area contributed by atoms with Gasteiger partial charge < -0.3 is 9.47 Å². The second-order valence-corrected chi connectivity index (χ2v) is 8.81. The molecule has 29 heavy (non-hydrogen) atoms. The molecule has 0 N–H and O–H groups in total. The van der Waals surface area contributed by atoms with Crippen LogP contribution in [0.4, 0.5) is 4.39 Å². The molecule has 1 aromatic heterocycles. The van der Waals surface area contributed by atoms with Crippen molar-refractivity contribution in [2.45, 2.75) is 40.3 Å². The van der Waals surface area contributed by atoms with Gasteiger partial charge in [0.1, 0.15) is 11.6 Å². The summed E-state index contributed by atoms with van der Waals surface area (Å²) in [6, 6.07) is 9.99. The molecule has 3 rings (SSSR count). The number of nitrogens with zero attached hydrogens (tertiary/aromatic N) is 3. The fraction of sp³-hybridized carbons (Fsp3) is 0.364. The number of halogens is 3. The van der Waals surface area contributed by atoms with Crippen molar-refractivity contribution in [3.8, 4) is 0 Å². The molecule has 1 heterocycles. The zero-order chi connectivity index (χ0) is 21.1. The number of rotatable bonds is 7. The Morgan fingerprint density at radius 3 is 2.69 bits per heavy atom. The van der Waals surface area contributed by atoms with E-state index in [1.165, 1.54) is 18.2 Å². The van der Waals surface area contributed by atoms with Gasteiger partial charge >= 0.3 is 0 Å². The number of aryl methyl sites for hydroxylation is 1. The number of carbonyl (C=O) groups is 1. The van der Waals surface area contributed by atoms with E-state index >= 15 is 0 Å². The first-order valence-corrected chi connectivity index (χ1v) is 10.9. The Kier molecular flexibility index (Phi) is 6.96. The predicted molar refractivity (Wildman–Crippen MR) is 119 cm³/mol. The van der Waals surface area contributed by atoms with Crippen molar-refractivity contribution < 1.29 is 9.18 Å². The van der Waals surface area contributed by atoms with Gasteiger partial charge in [-0.15, -0.1) is 0 Å². The molecule has 0 bridgehead atoms. The lowest BCUT2D eigenvalue weighted by Crippen LogP contribution is -2.34. The summed E-state index contributed by atoms with van der Waals surface area (Å²) < 4.78 is 16.0. The van der Waals surface area contributed by atoms with Crippen molar-refractivity contribution in [3.63, 3.8) is 0 Å². The Balaban J connectivity index is 1.99. The Labute approximate surface area is 183 Å². The van der Waals surface area contributed by atoms with Crippen LogP contribution in [0.3, 0.4) is 0 Å². The van der Waals surface area contributed by atoms with E-state index in [1.807, 2.05) is 18.2 Å². The van der Waals surface area contributed by atoms with Gasteiger partial charge in [0.2, 0.25) is 0 Å². The molecule has 7 heteroatoms. The van der Waals surface area contributed by atoms with Crippen LogP contribution in [0.1, 0.15) is 43.4 Å². The van der Waals surface area contributed by atoms with Gasteiger partial charge in [0, 0.05) is 23.7 Å². The highest BCUT2D eigenvalue weighted by Gasteiger charge is 2.21. The molecule has 4 nitrogen and oxygen atoms in total. The number of imidazole rings is 1. The minimum Gasteiger partial charge on any atom is -0.331 e. The molecule has 154 valence electrons. The smallest absolute Gasteiger partial charge is 0.254 e. The van der Waals surface area contributed by atoms with E-state index in [2.05, 4.69) is 41.3 Å². The first-order chi connectivity index (χ1) is 13.8. The maximum absolute atomic E-state index is 13.6. The van der Waals surface area contributed by atoms with Crippen LogP contribution in [-0.2, 0) is 13.1 Å². The molecule has 0 aliphatic carbocycles. The van der Waals surface area contributed by atoms with Crippen LogP contribution < -0.4 is 0 Å². The zero-order valence-electron chi connectivity index (χ0n) is 16.8. The highest BCUT2D eigenvalue weighted by Crippen LogP contribution is 2.24. The highest BCUT2D eigenvalue weighted by atomic mass is 79.9. The summed E-state index contributed by atoms with van der Waals surface area (Å²) in [6.45, 7) is 7.97. The third-order valence-electron chi connectivity index (χ3n) is 4.61. The van der Waals surface area contributed by atoms with Gasteiger partial charge in [-0.1, -0.05) is 32.4 Å². The number of aromatic nitrogens is 2. The summed E-state index contributed by atoms with van der Waals surface area (Å²) in [5.41, 5.74) is 2.27. The summed E-state index contributed by atoms with van der Waals surface area (Å²) in [7, 11) is 0. The minimum absolute atomic E-state index is 0.146. The minimum atomic E-state index is -0.390. The predicted octanol–water partition coefficient (Wildman–Crippen LogP) is 6.30. The van der Waals surface area contributed by atoms with Gasteiger partial charge in [-0.2, -0.15) is 0 Å². The van der Waals surface area contributed by atoms with Crippen LogP contribution in [0, 0.1) is 11.7 Å². The normalized spacial score (nSPS) is 11.4. The number of amides is 1. The average molecular weight is 481 g/mol. The maximum Gasteiger partial charge on any atom is 0.254 e. The summed E-state index contributed by atoms with van der Waals surface area (Å²) in [6.07, 6.45) is 0.939. The Hall–Kier alpha value is -1.92. The van der Waals surface area contributed by atoms with Crippen LogP contribution in [0.15, 0.2) is 40.9 Å². The molecular formula is C22H24BrClFN3O. The van der Waals surface area contributed by atoms with Crippen LogP contribution in [-0.4, -0.2) is 26.9 Å². The summed E-state index contributed by atoms with van der Waals surface area (Å²) >= 11 is 9.36. The second-order valence-electron chi connectivity index (χ2n) is 7.52. The SMILES string of the molecule is CCCn1c(CN(CC(C)C)C(=O)c2ccc(F)c(Br)c2)nc2ccc(Cl)cc21. The molecule has 0 unspecified atom stereocenters. The third kappa shape index (κ3) is 4.98. The van der Waals surface area contributed by atoms with E-state index in [9.17, 15) is 9.18 Å². The van der Waals surface area contributed by atoms with Gasteiger partial charge in [-0.3, -0.25) is 4.79 Å². The molecule has 0 saturated carbocycles. The molecule has 0 aliphatic rings. The lowest BCUT2D eigenvalue weighted by molar-refractivity contribution is 0.0716. The molecule has 2 aromatic carbocycles. The first-order valence-electron chi connectivity index (χ1n) is 9.69. The lowest BCUT2D eigenvalue weighted by atomic mass is 10.1. The number of fused-ring (bicyclic) bond motifs is 1. The molecule has 0 radical (unpaired) electrons. The molecule has 0 spiro atoms. The van der Waals surface area contributed by atoms with Gasteiger partial charge in [0.05, 0.1) is 22.1 Å². The van der Waals surface area contributed by atoms with Crippen LogP contribution in [0.25, 0.3) is 11.0 Å². The van der Waals surface area contributed by atoms with E-state index in [0.717, 1.165) is 29.8 Å². The Morgan fingerprint density at radius 1 is 1.28 bits per heavy atom. The van der Waals surface area contributed by atoms with E-state index in [4.69, 9.17) is 16.6 Å². The van der Waals surface area contributed by atoms with Gasteiger partial charge in [-0.25, -0.2) is 9.37 Å². The molecule has 0 fully saturated rings. The standard InChI is InChI=1S/C22H24BrClFN3O/c1-4-9-28-20-11-16(24)6-8-19(20)26-21(28)13-27(12-14(2)3)22(29)15-5-7-18(25)17(23)10-15/h5-8,10-11,14H,4,9,12-13H2,1-3H3. The number of hydrogen-bond acceptors (Lipinski definition) is 2. The largest absolute Gasteiger partial charge is 0.331 e. The monoisotopic (exact) mass is 479 g/mol. The van der Waals surface area contributed by atoms with Crippen LogP contribution in [0.2, 0.25) is 5.02 Å². The van der Waals surface area contributed by atoms with Crippen molar-refractivity contribution in [1.82, 2.24) is 14.5 Å². The third-order valence-corrected chi connectivity index (χ3v) is 5.45. The molecule has 1 amide bonds. The van der Waals surface area contributed by atoms with Crippen molar-refractivity contribution >= 4 is 44.5 Å². The van der Waals surface area contributed by atoms with E-state index in [0.29, 0.717) is 23.7 Å². The maximum atomic E-state index is 13.6. The Morgan fingerprint density at radius 2 is 2.03 bits per heavy atom. The number of hydrogen-bond donors (Lipinski definition) is 0. The van der Waals surface area contributed by atoms with Crippen molar-refractivity contribution in [3.05, 3.63) is 63.1 Å². The van der Waals surface area contributed by atoms with Crippen LogP contribution >= 0.6 is 27.5 Å². The molecule has 0 saturated heterocycles. The zero-order valence-corrected chi connectivity index (χ0v) is 19.1. The fourth-order valence-electron chi connectivity index (χ4n) is 3.38. The molecule has 0 atom stereocenters. The fourth-order valence-corrected chi connectivity index (χ4v) is 3.93. The highest BCUT2D eigenvalue weighted by molar-refractivity contribution is 9.10. The van der Waals surface area contributed by atoms with Crippen molar-refractivity contribution in [2.75, 3.05) is 6.54 Å². The Bertz CT molecular complexity index is 1030. The average Bonchev–Trinajstić information content (AvgIpc) is 2.99. The summed E-state index contributed by atoms with van der Waals surface area (Å²) in [5, 5.41) is 0.660. The van der Waals surface area contributed by atoms with Gasteiger partial charge in [-0.05, 0) is 64.7 Å². The molecule has 3 aromatic rings. The number of benzene rings is 2.